The van der Waals surface area contributed by atoms with Crippen molar-refractivity contribution in [3.63, 3.8) is 0 Å². The Hall–Kier alpha value is -1.69. The number of halogens is 1. The van der Waals surface area contributed by atoms with Crippen LogP contribution in [-0.4, -0.2) is 27.7 Å². The van der Waals surface area contributed by atoms with Crippen molar-refractivity contribution in [2.24, 2.45) is 4.99 Å². The number of aromatic nitrogens is 1. The van der Waals surface area contributed by atoms with E-state index >= 15 is 0 Å². The molecule has 0 bridgehead atoms. The van der Waals surface area contributed by atoms with E-state index in [1.165, 1.54) is 6.08 Å². The van der Waals surface area contributed by atoms with Crippen molar-refractivity contribution < 1.29 is 19.4 Å². The smallest absolute Gasteiger partial charge is 0.338 e. The van der Waals surface area contributed by atoms with Crippen LogP contribution >= 0.6 is 22.9 Å². The summed E-state index contributed by atoms with van der Waals surface area (Å²) in [5, 5.41) is 9.28. The van der Waals surface area contributed by atoms with Gasteiger partial charge in [-0.2, -0.15) is 4.99 Å². The lowest BCUT2D eigenvalue weighted by Gasteiger charge is -2.18. The molecule has 1 N–H and O–H groups in total. The summed E-state index contributed by atoms with van der Waals surface area (Å²) in [5.74, 6) is -1.27. The van der Waals surface area contributed by atoms with Crippen molar-refractivity contribution in [1.82, 2.24) is 4.98 Å². The van der Waals surface area contributed by atoms with Gasteiger partial charge in [0.1, 0.15) is 11.3 Å². The lowest BCUT2D eigenvalue weighted by molar-refractivity contribution is -0.130. The fraction of sp³-hybridized carbons (Fsp3) is 0.364. The van der Waals surface area contributed by atoms with Gasteiger partial charge in [-0.25, -0.2) is 14.6 Å². The highest BCUT2D eigenvalue weighted by atomic mass is 35.5. The van der Waals surface area contributed by atoms with E-state index in [0.29, 0.717) is 0 Å². The highest BCUT2D eigenvalue weighted by Crippen LogP contribution is 2.38. The summed E-state index contributed by atoms with van der Waals surface area (Å²) < 4.78 is 5.50. The van der Waals surface area contributed by atoms with Gasteiger partial charge < -0.3 is 9.84 Å². The molecule has 0 atom stereocenters. The van der Waals surface area contributed by atoms with Gasteiger partial charge in [-0.05, 0) is 20.8 Å². The number of carboxylic acids is 1. The number of isocyanates is 1. The Morgan fingerprint density at radius 3 is 2.63 bits per heavy atom. The Kier molecular flexibility index (Phi) is 4.83. The Bertz CT molecular complexity index is 568. The molecule has 1 aromatic rings. The molecule has 0 spiro atoms. The highest BCUT2D eigenvalue weighted by molar-refractivity contribution is 7.17. The van der Waals surface area contributed by atoms with Crippen LogP contribution in [0.3, 0.4) is 0 Å². The molecule has 1 rings (SSSR count). The number of carboxylic acid groups (broad SMARTS) is 1. The number of hydrogen-bond donors (Lipinski definition) is 1. The van der Waals surface area contributed by atoms with Gasteiger partial charge in [-0.3, -0.25) is 0 Å². The molecule has 1 heterocycles. The Labute approximate surface area is 118 Å². The van der Waals surface area contributed by atoms with Crippen LogP contribution in [0.15, 0.2) is 10.5 Å². The second-order valence-corrected chi connectivity index (χ2v) is 5.54. The molecule has 8 heteroatoms. The summed E-state index contributed by atoms with van der Waals surface area (Å²) in [6, 6.07) is 0. The molecular formula is C11H11ClN2O4S. The fourth-order valence-electron chi connectivity index (χ4n) is 1.09. The van der Waals surface area contributed by atoms with Gasteiger partial charge in [0.2, 0.25) is 6.08 Å². The second kappa shape index (κ2) is 5.97. The molecule has 0 saturated carbocycles. The third kappa shape index (κ3) is 4.17. The molecule has 0 amide bonds. The average molecular weight is 303 g/mol. The minimum absolute atomic E-state index is 0.0184. The minimum Gasteiger partial charge on any atom is -0.478 e. The van der Waals surface area contributed by atoms with Crippen molar-refractivity contribution >= 4 is 45.6 Å². The van der Waals surface area contributed by atoms with Crippen molar-refractivity contribution in [2.45, 2.75) is 26.4 Å². The normalized spacial score (nSPS) is 11.9. The van der Waals surface area contributed by atoms with Crippen LogP contribution in [0.25, 0.3) is 5.57 Å². The van der Waals surface area contributed by atoms with Crippen molar-refractivity contribution in [3.05, 3.63) is 11.2 Å². The zero-order valence-corrected chi connectivity index (χ0v) is 12.0. The molecular weight excluding hydrogens is 292 g/mol. The lowest BCUT2D eigenvalue weighted by Crippen LogP contribution is -2.22. The number of aliphatic imine (C=N–C) groups is 1. The SMILES string of the molecule is CC(C)(C)Oc1nc(C(=CCl)C(=O)O)c(N=C=O)s1. The van der Waals surface area contributed by atoms with Crippen LogP contribution in [0.4, 0.5) is 5.00 Å². The Balaban J connectivity index is 3.30. The monoisotopic (exact) mass is 302 g/mol. The van der Waals surface area contributed by atoms with Gasteiger partial charge in [0, 0.05) is 5.54 Å². The molecule has 0 aliphatic carbocycles. The van der Waals surface area contributed by atoms with Gasteiger partial charge in [0.15, 0.2) is 5.00 Å². The molecule has 0 aliphatic heterocycles. The number of rotatable bonds is 4. The summed E-state index contributed by atoms with van der Waals surface area (Å²) in [4.78, 5) is 28.8. The van der Waals surface area contributed by atoms with E-state index in [1.54, 1.807) is 0 Å². The van der Waals surface area contributed by atoms with Crippen LogP contribution in [0.2, 0.25) is 0 Å². The maximum Gasteiger partial charge on any atom is 0.338 e. The number of carbonyl (C=O) groups excluding carboxylic acids is 1. The topological polar surface area (TPSA) is 88.8 Å². The van der Waals surface area contributed by atoms with Gasteiger partial charge in [-0.15, -0.1) is 0 Å². The fourth-order valence-corrected chi connectivity index (χ4v) is 2.22. The third-order valence-corrected chi connectivity index (χ3v) is 2.77. The maximum atomic E-state index is 11.0. The molecule has 19 heavy (non-hydrogen) atoms. The molecule has 6 nitrogen and oxygen atoms in total. The molecule has 0 fully saturated rings. The van der Waals surface area contributed by atoms with E-state index < -0.39 is 11.6 Å². The molecule has 102 valence electrons. The predicted octanol–water partition coefficient (Wildman–Crippen LogP) is 2.95. The van der Waals surface area contributed by atoms with Crippen LogP contribution < -0.4 is 4.74 Å². The zero-order valence-electron chi connectivity index (χ0n) is 10.4. The van der Waals surface area contributed by atoms with Gasteiger partial charge >= 0.3 is 5.97 Å². The Morgan fingerprint density at radius 1 is 1.58 bits per heavy atom. The van der Waals surface area contributed by atoms with Crippen molar-refractivity contribution in [3.8, 4) is 5.19 Å². The largest absolute Gasteiger partial charge is 0.478 e. The van der Waals surface area contributed by atoms with E-state index in [2.05, 4.69) is 9.98 Å². The standard InChI is InChI=1S/C11H11ClN2O4S/c1-11(2,3)18-10-14-7(6(4-12)9(16)17)8(19-10)13-5-15/h4H,1-3H3,(H,16,17). The number of thiazole rings is 1. The first-order valence-corrected chi connectivity index (χ1v) is 6.35. The summed E-state index contributed by atoms with van der Waals surface area (Å²) in [6.07, 6.45) is 1.35. The first kappa shape index (κ1) is 15.4. The van der Waals surface area contributed by atoms with E-state index in [-0.39, 0.29) is 21.5 Å². The number of ether oxygens (including phenoxy) is 1. The van der Waals surface area contributed by atoms with Crippen molar-refractivity contribution in [1.29, 1.82) is 0 Å². The summed E-state index contributed by atoms with van der Waals surface area (Å²) in [7, 11) is 0. The number of aliphatic carboxylic acids is 1. The molecule has 0 aromatic carbocycles. The first-order valence-electron chi connectivity index (χ1n) is 5.10. The molecule has 1 aromatic heterocycles. The summed E-state index contributed by atoms with van der Waals surface area (Å²) >= 11 is 6.40. The number of hydrogen-bond acceptors (Lipinski definition) is 6. The highest BCUT2D eigenvalue weighted by Gasteiger charge is 2.23. The predicted molar refractivity (Wildman–Crippen MR) is 71.7 cm³/mol. The Morgan fingerprint density at radius 2 is 2.21 bits per heavy atom. The quantitative estimate of drug-likeness (QED) is 0.525. The molecule has 0 saturated heterocycles. The number of nitrogens with zero attached hydrogens (tertiary/aromatic N) is 2. The van der Waals surface area contributed by atoms with Gasteiger partial charge in [0.25, 0.3) is 5.19 Å². The van der Waals surface area contributed by atoms with Crippen molar-refractivity contribution in [2.75, 3.05) is 0 Å². The number of carbonyl (C=O) groups is 1. The first-order chi connectivity index (χ1) is 8.78. The average Bonchev–Trinajstić information content (AvgIpc) is 2.59. The van der Waals surface area contributed by atoms with E-state index in [1.807, 2.05) is 20.8 Å². The molecule has 0 radical (unpaired) electrons. The maximum absolute atomic E-state index is 11.0. The van der Waals surface area contributed by atoms with Gasteiger partial charge in [-0.1, -0.05) is 22.9 Å². The van der Waals surface area contributed by atoms with Crippen LogP contribution in [0.5, 0.6) is 5.19 Å². The van der Waals surface area contributed by atoms with Crippen LogP contribution in [0, 0.1) is 0 Å². The van der Waals surface area contributed by atoms with E-state index in [4.69, 9.17) is 21.4 Å². The van der Waals surface area contributed by atoms with Gasteiger partial charge in [0.05, 0.1) is 5.57 Å². The summed E-state index contributed by atoms with van der Waals surface area (Å²) in [5.41, 5.74) is 0.0683. The molecule has 0 unspecified atom stereocenters. The van der Waals surface area contributed by atoms with E-state index in [9.17, 15) is 9.59 Å². The van der Waals surface area contributed by atoms with Crippen LogP contribution in [0.1, 0.15) is 26.5 Å². The minimum atomic E-state index is -1.27. The summed E-state index contributed by atoms with van der Waals surface area (Å²) in [6.45, 7) is 5.44. The van der Waals surface area contributed by atoms with E-state index in [0.717, 1.165) is 16.9 Å². The second-order valence-electron chi connectivity index (χ2n) is 4.38. The lowest BCUT2D eigenvalue weighted by atomic mass is 10.2. The zero-order chi connectivity index (χ0) is 14.6. The molecule has 0 aliphatic rings. The third-order valence-electron chi connectivity index (χ3n) is 1.72. The van der Waals surface area contributed by atoms with Crippen LogP contribution in [-0.2, 0) is 9.59 Å².